The number of likely N-dealkylation sites (tertiary alicyclic amines) is 1. The lowest BCUT2D eigenvalue weighted by atomic mass is 10.0. The van der Waals surface area contributed by atoms with Crippen LogP contribution in [0, 0.1) is 5.92 Å². The average molecular weight is 258 g/mol. The lowest BCUT2D eigenvalue weighted by molar-refractivity contribution is -0.652. The number of carbonyl (C=O) groups excluding carboxylic acids is 2. The highest BCUT2D eigenvalue weighted by Gasteiger charge is 2.37. The van der Waals surface area contributed by atoms with E-state index < -0.39 is 6.04 Å². The molecule has 1 aliphatic heterocycles. The minimum Gasteiger partial charge on any atom is -0.368 e. The molecule has 4 N–H and O–H groups in total. The minimum atomic E-state index is -0.392. The van der Waals surface area contributed by atoms with Crippen LogP contribution < -0.4 is 11.1 Å². The Morgan fingerprint density at radius 3 is 2.50 bits per heavy atom. The summed E-state index contributed by atoms with van der Waals surface area (Å²) >= 11 is 0. The van der Waals surface area contributed by atoms with Gasteiger partial charge in [0.15, 0.2) is 6.04 Å². The van der Waals surface area contributed by atoms with E-state index in [1.807, 2.05) is 12.4 Å². The fraction of sp³-hybridized carbons (Fsp3) is 0.846. The summed E-state index contributed by atoms with van der Waals surface area (Å²) < 4.78 is 0. The van der Waals surface area contributed by atoms with Crippen molar-refractivity contribution >= 4 is 11.8 Å². The van der Waals surface area contributed by atoms with E-state index in [2.05, 4.69) is 13.8 Å². The second kappa shape index (κ2) is 7.36. The van der Waals surface area contributed by atoms with Gasteiger partial charge in [0.2, 0.25) is 5.91 Å². The van der Waals surface area contributed by atoms with Crippen LogP contribution >= 0.6 is 0 Å². The number of amides is 2. The molecule has 18 heavy (non-hydrogen) atoms. The highest BCUT2D eigenvalue weighted by molar-refractivity contribution is 5.88. The molecule has 0 bridgehead atoms. The molecule has 1 fully saturated rings. The number of nitrogens with two attached hydrogens (primary N) is 2. The van der Waals surface area contributed by atoms with E-state index in [1.54, 1.807) is 4.90 Å². The summed E-state index contributed by atoms with van der Waals surface area (Å²) in [5, 5.41) is 1.93. The molecule has 0 aromatic rings. The van der Waals surface area contributed by atoms with Gasteiger partial charge in [0.05, 0.1) is 7.05 Å². The number of hydrogen-bond donors (Lipinski definition) is 2. The average Bonchev–Trinajstić information content (AvgIpc) is 2.73. The molecule has 2 amide bonds. The van der Waals surface area contributed by atoms with E-state index >= 15 is 0 Å². The minimum absolute atomic E-state index is 0. The molecule has 106 valence electrons. The number of carbonyl (C=O) groups is 2. The molecule has 0 spiro atoms. The van der Waals surface area contributed by atoms with Crippen molar-refractivity contribution < 1.29 is 14.9 Å². The molecular formula is C13H28N3O2+. The Morgan fingerprint density at radius 1 is 1.44 bits per heavy atom. The van der Waals surface area contributed by atoms with Crippen LogP contribution in [0.5, 0.6) is 0 Å². The van der Waals surface area contributed by atoms with Crippen molar-refractivity contribution in [1.82, 2.24) is 4.90 Å². The number of likely N-dealkylation sites (N-methyl/N-ethyl adjacent to an activating group) is 1. The molecule has 5 nitrogen and oxygen atoms in total. The summed E-state index contributed by atoms with van der Waals surface area (Å²) in [7, 11) is 1.90. The number of quaternary nitrogens is 1. The van der Waals surface area contributed by atoms with Gasteiger partial charge in [-0.3, -0.25) is 9.59 Å². The van der Waals surface area contributed by atoms with E-state index in [0.29, 0.717) is 18.9 Å². The third-order valence-electron chi connectivity index (χ3n) is 3.31. The fourth-order valence-electron chi connectivity index (χ4n) is 2.43. The summed E-state index contributed by atoms with van der Waals surface area (Å²) in [4.78, 5) is 25.2. The highest BCUT2D eigenvalue weighted by Crippen LogP contribution is 2.18. The molecule has 1 rings (SSSR count). The van der Waals surface area contributed by atoms with Crippen LogP contribution in [0.25, 0.3) is 0 Å². The van der Waals surface area contributed by atoms with E-state index in [4.69, 9.17) is 5.73 Å². The predicted molar refractivity (Wildman–Crippen MR) is 71.8 cm³/mol. The van der Waals surface area contributed by atoms with E-state index in [0.717, 1.165) is 12.8 Å². The third kappa shape index (κ3) is 3.98. The summed E-state index contributed by atoms with van der Waals surface area (Å²) in [5.74, 6) is 0.146. The van der Waals surface area contributed by atoms with Crippen molar-refractivity contribution in [3.8, 4) is 0 Å². The fourth-order valence-corrected chi connectivity index (χ4v) is 2.43. The van der Waals surface area contributed by atoms with E-state index in [-0.39, 0.29) is 25.3 Å². The smallest absolute Gasteiger partial charge is 0.281 e. The second-order valence-electron chi connectivity index (χ2n) is 5.16. The maximum atomic E-state index is 12.3. The number of rotatable bonds is 5. The van der Waals surface area contributed by atoms with E-state index in [1.165, 1.54) is 0 Å². The van der Waals surface area contributed by atoms with Crippen LogP contribution in [0.2, 0.25) is 0 Å². The van der Waals surface area contributed by atoms with Crippen molar-refractivity contribution in [2.75, 3.05) is 13.6 Å². The summed E-state index contributed by atoms with van der Waals surface area (Å²) in [5.41, 5.74) is 5.33. The first kappa shape index (κ1) is 16.9. The molecule has 1 aliphatic rings. The Labute approximate surface area is 110 Å². The predicted octanol–water partition coefficient (Wildman–Crippen LogP) is -0.293. The van der Waals surface area contributed by atoms with Gasteiger partial charge < -0.3 is 16.0 Å². The first-order chi connectivity index (χ1) is 7.97. The van der Waals surface area contributed by atoms with Gasteiger partial charge in [-0.2, -0.15) is 0 Å². The SMILES string of the molecule is C.C[NH2+]C(CC(C)C)C(=O)N1CCCC1C(N)=O. The standard InChI is InChI=1S/C12H23N3O2.CH4/c1-8(2)7-9(14-3)12(17)15-6-4-5-10(15)11(13)16;/h8-10,14H,4-7H2,1-3H3,(H2,13,16);1H4/p+1. The molecule has 0 aliphatic carbocycles. The molecular weight excluding hydrogens is 230 g/mol. The maximum absolute atomic E-state index is 12.3. The van der Waals surface area contributed by atoms with Gasteiger partial charge in [-0.25, -0.2) is 0 Å². The van der Waals surface area contributed by atoms with Crippen LogP contribution in [0.3, 0.4) is 0 Å². The maximum Gasteiger partial charge on any atom is 0.281 e. The molecule has 2 unspecified atom stereocenters. The number of nitrogens with zero attached hydrogens (tertiary/aromatic N) is 1. The lowest BCUT2D eigenvalue weighted by Crippen LogP contribution is -2.89. The van der Waals surface area contributed by atoms with Crippen molar-refractivity contribution in [2.45, 2.75) is 52.6 Å². The Kier molecular flexibility index (Phi) is 6.91. The summed E-state index contributed by atoms with van der Waals surface area (Å²) in [6, 6.07) is -0.480. The normalized spacial score (nSPS) is 20.7. The van der Waals surface area contributed by atoms with Crippen LogP contribution in [0.4, 0.5) is 0 Å². The zero-order valence-corrected chi connectivity index (χ0v) is 11.0. The van der Waals surface area contributed by atoms with Crippen molar-refractivity contribution in [1.29, 1.82) is 0 Å². The lowest BCUT2D eigenvalue weighted by Gasteiger charge is -2.25. The number of hydrogen-bond acceptors (Lipinski definition) is 2. The Hall–Kier alpha value is -1.10. The topological polar surface area (TPSA) is 80.0 Å². The van der Waals surface area contributed by atoms with Gasteiger partial charge in [0.25, 0.3) is 5.91 Å². The first-order valence-corrected chi connectivity index (χ1v) is 6.36. The molecule has 1 heterocycles. The molecule has 2 atom stereocenters. The Bertz CT molecular complexity index is 292. The van der Waals surface area contributed by atoms with E-state index in [9.17, 15) is 9.59 Å². The summed E-state index contributed by atoms with van der Waals surface area (Å²) in [6.45, 7) is 4.85. The monoisotopic (exact) mass is 258 g/mol. The number of primary amides is 1. The molecule has 1 saturated heterocycles. The zero-order valence-electron chi connectivity index (χ0n) is 11.0. The zero-order chi connectivity index (χ0) is 13.0. The second-order valence-corrected chi connectivity index (χ2v) is 5.16. The summed E-state index contributed by atoms with van der Waals surface area (Å²) in [6.07, 6.45) is 2.41. The Balaban J connectivity index is 0.00000289. The quantitative estimate of drug-likeness (QED) is 0.710. The molecule has 5 heteroatoms. The van der Waals surface area contributed by atoms with Gasteiger partial charge in [0.1, 0.15) is 6.04 Å². The van der Waals surface area contributed by atoms with Crippen molar-refractivity contribution in [3.05, 3.63) is 0 Å². The largest absolute Gasteiger partial charge is 0.368 e. The van der Waals surface area contributed by atoms with Crippen molar-refractivity contribution in [2.24, 2.45) is 11.7 Å². The molecule has 0 aromatic heterocycles. The van der Waals surface area contributed by atoms with Gasteiger partial charge >= 0.3 is 0 Å². The van der Waals surface area contributed by atoms with Crippen LogP contribution in [-0.2, 0) is 9.59 Å². The third-order valence-corrected chi connectivity index (χ3v) is 3.31. The van der Waals surface area contributed by atoms with Gasteiger partial charge in [-0.05, 0) is 18.8 Å². The van der Waals surface area contributed by atoms with Gasteiger partial charge in [-0.1, -0.05) is 21.3 Å². The van der Waals surface area contributed by atoms with Crippen LogP contribution in [-0.4, -0.2) is 42.4 Å². The highest BCUT2D eigenvalue weighted by atomic mass is 16.2. The van der Waals surface area contributed by atoms with Gasteiger partial charge in [-0.15, -0.1) is 0 Å². The van der Waals surface area contributed by atoms with Crippen LogP contribution in [0.15, 0.2) is 0 Å². The Morgan fingerprint density at radius 2 is 2.06 bits per heavy atom. The van der Waals surface area contributed by atoms with Gasteiger partial charge in [0, 0.05) is 13.0 Å². The molecule has 0 aromatic carbocycles. The molecule has 0 radical (unpaired) electrons. The van der Waals surface area contributed by atoms with Crippen LogP contribution in [0.1, 0.15) is 40.5 Å². The van der Waals surface area contributed by atoms with Crippen molar-refractivity contribution in [3.63, 3.8) is 0 Å². The first-order valence-electron chi connectivity index (χ1n) is 6.36. The molecule has 0 saturated carbocycles.